The van der Waals surface area contributed by atoms with Gasteiger partial charge in [-0.15, -0.1) is 0 Å². The summed E-state index contributed by atoms with van der Waals surface area (Å²) in [7, 11) is 0. The summed E-state index contributed by atoms with van der Waals surface area (Å²) in [6.07, 6.45) is 4.29. The highest BCUT2D eigenvalue weighted by molar-refractivity contribution is 5.59. The highest BCUT2D eigenvalue weighted by Crippen LogP contribution is 2.31. The Labute approximate surface area is 198 Å². The lowest BCUT2D eigenvalue weighted by Crippen LogP contribution is -2.47. The van der Waals surface area contributed by atoms with Crippen LogP contribution in [-0.2, 0) is 19.6 Å². The van der Waals surface area contributed by atoms with E-state index in [-0.39, 0.29) is 5.56 Å². The van der Waals surface area contributed by atoms with E-state index in [0.29, 0.717) is 32.3 Å². The summed E-state index contributed by atoms with van der Waals surface area (Å²) >= 11 is 0. The van der Waals surface area contributed by atoms with Crippen molar-refractivity contribution in [3.8, 4) is 11.5 Å². The van der Waals surface area contributed by atoms with Crippen molar-refractivity contribution in [1.82, 2.24) is 19.4 Å². The van der Waals surface area contributed by atoms with Crippen molar-refractivity contribution in [2.45, 2.75) is 33.5 Å². The van der Waals surface area contributed by atoms with Gasteiger partial charge in [0.1, 0.15) is 11.5 Å². The molecule has 0 N–H and O–H groups in total. The van der Waals surface area contributed by atoms with Gasteiger partial charge < -0.3 is 4.74 Å². The fourth-order valence-electron chi connectivity index (χ4n) is 4.30. The normalized spacial score (nSPS) is 13.5. The van der Waals surface area contributed by atoms with Crippen LogP contribution in [0.1, 0.15) is 23.7 Å². The Bertz CT molecular complexity index is 1320. The van der Waals surface area contributed by atoms with Crippen molar-refractivity contribution in [2.24, 2.45) is 0 Å². The second kappa shape index (κ2) is 9.49. The lowest BCUT2D eigenvalue weighted by atomic mass is 10.2. The Kier molecular flexibility index (Phi) is 6.10. The number of hydrogen-bond acceptors (Lipinski definition) is 6. The van der Waals surface area contributed by atoms with Gasteiger partial charge in [-0.2, -0.15) is 0 Å². The summed E-state index contributed by atoms with van der Waals surface area (Å²) in [5.74, 6) is 2.21. The molecule has 34 heavy (non-hydrogen) atoms. The van der Waals surface area contributed by atoms with Crippen molar-refractivity contribution in [3.63, 3.8) is 0 Å². The largest absolute Gasteiger partial charge is 0.457 e. The van der Waals surface area contributed by atoms with E-state index < -0.39 is 0 Å². The molecule has 1 aliphatic rings. The summed E-state index contributed by atoms with van der Waals surface area (Å²) in [5.41, 5.74) is 3.61. The first-order valence-electron chi connectivity index (χ1n) is 11.4. The molecule has 0 amide bonds. The zero-order chi connectivity index (χ0) is 23.5. The average molecular weight is 454 g/mol. The smallest absolute Gasteiger partial charge is 0.259 e. The van der Waals surface area contributed by atoms with Crippen molar-refractivity contribution >= 4 is 11.6 Å². The monoisotopic (exact) mass is 453 g/mol. The summed E-state index contributed by atoms with van der Waals surface area (Å²) in [6, 6.07) is 21.6. The van der Waals surface area contributed by atoms with Gasteiger partial charge in [-0.3, -0.25) is 24.1 Å². The van der Waals surface area contributed by atoms with Crippen LogP contribution in [-0.4, -0.2) is 26.1 Å². The molecule has 0 atom stereocenters. The lowest BCUT2D eigenvalue weighted by Gasteiger charge is -2.38. The summed E-state index contributed by atoms with van der Waals surface area (Å²) < 4.78 is 7.73. The van der Waals surface area contributed by atoms with Crippen LogP contribution < -0.4 is 15.2 Å². The quantitative estimate of drug-likeness (QED) is 0.415. The Balaban J connectivity index is 1.49. The number of para-hydroxylation sites is 1. The Morgan fingerprint density at radius 3 is 2.41 bits per heavy atom. The van der Waals surface area contributed by atoms with Crippen LogP contribution in [0, 0.1) is 6.92 Å². The van der Waals surface area contributed by atoms with E-state index >= 15 is 0 Å². The van der Waals surface area contributed by atoms with E-state index in [0.717, 1.165) is 34.0 Å². The molecule has 0 unspecified atom stereocenters. The molecule has 4 aromatic rings. The van der Waals surface area contributed by atoms with Crippen molar-refractivity contribution in [2.75, 3.05) is 11.6 Å². The van der Waals surface area contributed by atoms with Gasteiger partial charge in [-0.1, -0.05) is 31.2 Å². The van der Waals surface area contributed by atoms with E-state index in [1.54, 1.807) is 10.8 Å². The van der Waals surface area contributed by atoms with E-state index in [1.807, 2.05) is 80.7 Å². The number of hydrogen-bond donors (Lipinski definition) is 0. The van der Waals surface area contributed by atoms with E-state index in [9.17, 15) is 4.79 Å². The molecule has 7 heteroatoms. The van der Waals surface area contributed by atoms with Crippen LogP contribution in [0.2, 0.25) is 0 Å². The number of aryl methyl sites for hydroxylation is 1. The first-order valence-corrected chi connectivity index (χ1v) is 11.4. The second-order valence-corrected chi connectivity index (χ2v) is 8.37. The van der Waals surface area contributed by atoms with Crippen LogP contribution in [0.3, 0.4) is 0 Å². The molecule has 3 heterocycles. The molecule has 0 bridgehead atoms. The second-order valence-electron chi connectivity index (χ2n) is 8.37. The van der Waals surface area contributed by atoms with Gasteiger partial charge in [-0.25, -0.2) is 4.98 Å². The van der Waals surface area contributed by atoms with Gasteiger partial charge >= 0.3 is 0 Å². The number of aromatic nitrogens is 3. The molecule has 172 valence electrons. The topological polar surface area (TPSA) is 63.5 Å². The SMILES string of the molecule is CCc1c(C)nc2n(c1=O)CN(Cc1cccnc1)CN2c1ccc(Oc2ccccc2)cc1. The zero-order valence-electron chi connectivity index (χ0n) is 19.4. The van der Waals surface area contributed by atoms with Gasteiger partial charge in [0.2, 0.25) is 5.95 Å². The molecule has 7 nitrogen and oxygen atoms in total. The molecule has 0 radical (unpaired) electrons. The van der Waals surface area contributed by atoms with Crippen LogP contribution in [0.5, 0.6) is 11.5 Å². The highest BCUT2D eigenvalue weighted by Gasteiger charge is 2.27. The van der Waals surface area contributed by atoms with E-state index in [4.69, 9.17) is 9.72 Å². The predicted molar refractivity (Wildman–Crippen MR) is 132 cm³/mol. The maximum atomic E-state index is 13.3. The fraction of sp³-hybridized carbons (Fsp3) is 0.222. The summed E-state index contributed by atoms with van der Waals surface area (Å²) in [4.78, 5) is 26.7. The van der Waals surface area contributed by atoms with Crippen molar-refractivity contribution in [3.05, 3.63) is 106 Å². The molecular weight excluding hydrogens is 426 g/mol. The third-order valence-corrected chi connectivity index (χ3v) is 5.98. The third kappa shape index (κ3) is 4.43. The summed E-state index contributed by atoms with van der Waals surface area (Å²) in [6.45, 7) is 5.68. The third-order valence-electron chi connectivity index (χ3n) is 5.98. The Morgan fingerprint density at radius 2 is 1.71 bits per heavy atom. The molecule has 0 saturated heterocycles. The summed E-state index contributed by atoms with van der Waals surface area (Å²) in [5, 5.41) is 0. The number of pyridine rings is 1. The number of rotatable bonds is 6. The molecular formula is C27H27N5O2. The number of fused-ring (bicyclic) bond motifs is 1. The molecule has 2 aromatic heterocycles. The van der Waals surface area contributed by atoms with Gasteiger partial charge in [0.25, 0.3) is 5.56 Å². The molecule has 0 spiro atoms. The van der Waals surface area contributed by atoms with Gasteiger partial charge in [-0.05, 0) is 61.4 Å². The minimum absolute atomic E-state index is 0.0231. The Hall–Kier alpha value is -3.97. The maximum absolute atomic E-state index is 13.3. The van der Waals surface area contributed by atoms with E-state index in [1.165, 1.54) is 0 Å². The number of nitrogens with zero attached hydrogens (tertiary/aromatic N) is 5. The van der Waals surface area contributed by atoms with Crippen LogP contribution >= 0.6 is 0 Å². The number of anilines is 2. The standard InChI is InChI=1S/C27H27N5O2/c1-3-25-20(2)29-27-31(22-11-13-24(14-12-22)34-23-9-5-4-6-10-23)18-30(19-32(27)26(25)33)17-21-8-7-15-28-16-21/h4-16H,3,17-19H2,1-2H3. The van der Waals surface area contributed by atoms with Gasteiger partial charge in [0.05, 0.1) is 13.3 Å². The molecule has 2 aromatic carbocycles. The van der Waals surface area contributed by atoms with Crippen LogP contribution in [0.15, 0.2) is 83.9 Å². The maximum Gasteiger partial charge on any atom is 0.259 e. The predicted octanol–water partition coefficient (Wildman–Crippen LogP) is 4.87. The first-order chi connectivity index (χ1) is 16.6. The fourth-order valence-corrected chi connectivity index (χ4v) is 4.30. The highest BCUT2D eigenvalue weighted by atomic mass is 16.5. The van der Waals surface area contributed by atoms with Crippen LogP contribution in [0.4, 0.5) is 11.6 Å². The van der Waals surface area contributed by atoms with Crippen LogP contribution in [0.25, 0.3) is 0 Å². The van der Waals surface area contributed by atoms with E-state index in [2.05, 4.69) is 20.9 Å². The zero-order valence-corrected chi connectivity index (χ0v) is 19.4. The lowest BCUT2D eigenvalue weighted by molar-refractivity contribution is 0.189. The minimum Gasteiger partial charge on any atom is -0.457 e. The first kappa shape index (κ1) is 21.9. The number of ether oxygens (including phenoxy) is 1. The molecule has 5 rings (SSSR count). The molecule has 0 fully saturated rings. The average Bonchev–Trinajstić information content (AvgIpc) is 2.86. The minimum atomic E-state index is 0.0231. The van der Waals surface area contributed by atoms with Gasteiger partial charge in [0.15, 0.2) is 0 Å². The molecule has 0 saturated carbocycles. The van der Waals surface area contributed by atoms with Crippen molar-refractivity contribution < 1.29 is 4.74 Å². The molecule has 0 aliphatic carbocycles. The number of benzene rings is 2. The van der Waals surface area contributed by atoms with Gasteiger partial charge in [0, 0.05) is 35.9 Å². The Morgan fingerprint density at radius 1 is 0.941 bits per heavy atom. The molecule has 1 aliphatic heterocycles. The van der Waals surface area contributed by atoms with Crippen molar-refractivity contribution in [1.29, 1.82) is 0 Å².